The summed E-state index contributed by atoms with van der Waals surface area (Å²) >= 11 is 3.65. The Bertz CT molecular complexity index is 5060. The van der Waals surface area contributed by atoms with Crippen LogP contribution in [0.2, 0.25) is 36.3 Å². The molecule has 19 nitrogen and oxygen atoms in total. The summed E-state index contributed by atoms with van der Waals surface area (Å²) in [6.07, 6.45) is 19.7. The summed E-state index contributed by atoms with van der Waals surface area (Å²) in [5.74, 6) is 4.53. The Kier molecular flexibility index (Phi) is 32.4. The maximum Gasteiger partial charge on any atom is 0.306 e. The van der Waals surface area contributed by atoms with Gasteiger partial charge in [0.25, 0.3) is 0 Å². The third-order valence-electron chi connectivity index (χ3n) is 29.3. The van der Waals surface area contributed by atoms with Crippen LogP contribution in [0.5, 0.6) is 23.0 Å². The van der Waals surface area contributed by atoms with Crippen LogP contribution in [0.3, 0.4) is 0 Å². The minimum absolute atomic E-state index is 0.0120. The first-order chi connectivity index (χ1) is 61.4. The molecule has 6 heterocycles. The number of aliphatic hydroxyl groups is 1. The second-order valence-electron chi connectivity index (χ2n) is 40.0. The van der Waals surface area contributed by atoms with Gasteiger partial charge in [0, 0.05) is 140 Å². The number of Topliss-reactive ketones (excluding diaryl/α,β-unsaturated/α-hetero) is 4. The molecule has 22 heteroatoms. The van der Waals surface area contributed by atoms with E-state index in [2.05, 4.69) is 120 Å². The van der Waals surface area contributed by atoms with E-state index < -0.39 is 22.6 Å². The van der Waals surface area contributed by atoms with E-state index in [0.29, 0.717) is 92.4 Å². The number of carboxylic acid groups (broad SMARTS) is 1. The second kappa shape index (κ2) is 43.1. The maximum absolute atomic E-state index is 13.1. The van der Waals surface area contributed by atoms with Gasteiger partial charge in [-0.05, 0) is 249 Å². The van der Waals surface area contributed by atoms with Crippen molar-refractivity contribution in [1.29, 1.82) is 0 Å². The van der Waals surface area contributed by atoms with Gasteiger partial charge in [0.2, 0.25) is 0 Å². The van der Waals surface area contributed by atoms with E-state index in [9.17, 15) is 33.9 Å². The number of benzene rings is 7. The summed E-state index contributed by atoms with van der Waals surface area (Å²) in [5.41, 5.74) is 17.2. The van der Waals surface area contributed by atoms with Crippen molar-refractivity contribution in [2.45, 2.75) is 274 Å². The predicted octanol–water partition coefficient (Wildman–Crippen LogP) is 23.3. The SMILES string of the molecule is CC(C)(C)[Si](C)(C)O[C@H]1CCc2c(Br)cccc21.CC(C)(C)[Si](C)(C)O[C@H]1CCc2c(C(=O)CC3CCOCC3)cccc21.COC(=O)C[C@@H]1COc2cc(O[C@@H]3CCc4c(C(=O)CC5CCOCC5)cccc43)ccc21.O=C(CC1CCOCC1)c1cccc2c1CC[C@@H]2O.O=C(O)C[C@@H]1COc2cc(O[C@@H]3CCc4c(C(=O)CC5CCOCC5)cccc43)ccc21. The number of hydrogen-bond donors (Lipinski definition) is 2. The quantitative estimate of drug-likeness (QED) is 0.0324. The number of esters is 1. The first-order valence-corrected chi connectivity index (χ1v) is 53.9. The fourth-order valence-electron chi connectivity index (χ4n) is 19.8. The lowest BCUT2D eigenvalue weighted by Crippen LogP contribution is -2.41. The van der Waals surface area contributed by atoms with Crippen molar-refractivity contribution in [3.63, 3.8) is 0 Å². The van der Waals surface area contributed by atoms with Gasteiger partial charge in [-0.1, -0.05) is 155 Å². The van der Waals surface area contributed by atoms with Crippen LogP contribution < -0.4 is 18.9 Å². The number of ketones is 4. The largest absolute Gasteiger partial charge is 0.492 e. The van der Waals surface area contributed by atoms with Crippen LogP contribution in [-0.4, -0.2) is 135 Å². The van der Waals surface area contributed by atoms with Gasteiger partial charge in [-0.25, -0.2) is 0 Å². The Morgan fingerprint density at radius 3 is 1.05 bits per heavy atom. The summed E-state index contributed by atoms with van der Waals surface area (Å²) in [4.78, 5) is 74.2. The number of carbonyl (C=O) groups excluding carboxylic acids is 5. The maximum atomic E-state index is 13.1. The van der Waals surface area contributed by atoms with Crippen LogP contribution in [0.15, 0.2) is 132 Å². The molecule has 0 amide bonds. The molecule has 0 aromatic heterocycles. The van der Waals surface area contributed by atoms with E-state index >= 15 is 0 Å². The topological polar surface area (TPSA) is 244 Å². The zero-order valence-corrected chi connectivity index (χ0v) is 80.8. The molecule has 0 spiro atoms. The molecule has 5 aliphatic carbocycles. The molecule has 6 aliphatic heterocycles. The molecule has 7 aromatic rings. The van der Waals surface area contributed by atoms with Crippen LogP contribution in [0.1, 0.15) is 314 Å². The minimum atomic E-state index is -1.82. The molecule has 4 fully saturated rings. The van der Waals surface area contributed by atoms with E-state index in [-0.39, 0.29) is 76.1 Å². The van der Waals surface area contributed by atoms with E-state index in [4.69, 9.17) is 56.6 Å². The van der Waals surface area contributed by atoms with Crippen LogP contribution in [-0.2, 0) is 74.2 Å². The molecule has 2 N–H and O–H groups in total. The van der Waals surface area contributed by atoms with Gasteiger partial charge >= 0.3 is 11.9 Å². The molecule has 7 atom stereocenters. The number of ether oxygens (including phenoxy) is 9. The smallest absolute Gasteiger partial charge is 0.306 e. The van der Waals surface area contributed by atoms with E-state index in [1.165, 1.54) is 33.8 Å². The molecular formula is C106H135BrO19Si2. The lowest BCUT2D eigenvalue weighted by molar-refractivity contribution is -0.141. The molecule has 688 valence electrons. The van der Waals surface area contributed by atoms with E-state index in [0.717, 1.165) is 247 Å². The standard InChI is InChI=1S/C27H30O6.C26H28O6.C22H34O3Si.C16H20O3.C15H23BrOSi/c1-30-27(29)14-18-16-32-26-15-19(5-6-20(18)26)33-25-8-7-21-22(3-2-4-23(21)25)24(28)13-17-9-11-31-12-10-17;27-23(12-16-8-10-30-11-9-16)21-2-1-3-22-20(21)6-7-24(22)32-18-4-5-19-17(13-26(28)29)15-31-25(19)14-18;1-22(2,3)26(4,5)25-21-10-9-17-18(7-6-8-19(17)21)20(23)15-16-11-13-24-14-12-16;17-15-5-4-12-13(15)2-1-3-14(12)16(18)10-11-6-8-19-9-7-11;1-15(2,3)18(4,5)17-14-10-9-11-12(14)7-6-8-13(11)16/h2-6,15,17-18,25H,7-14,16H2,1H3;1-5,14,16-17,24H,6-13,15H2,(H,28,29);6-8,16,21H,9-15H2,1-5H3;1-3,11,15,17H,4-10H2;6-8,14H,9-10H2,1-5H3/t18-,25-;17-,24-;21-;15-;14-/m11000/s1. The summed E-state index contributed by atoms with van der Waals surface area (Å²) in [6, 6.07) is 41.9. The fraction of sp³-hybridized carbons (Fsp3) is 0.547. The van der Waals surface area contributed by atoms with Crippen LogP contribution in [0.4, 0.5) is 0 Å². The minimum Gasteiger partial charge on any atom is -0.492 e. The number of fused-ring (bicyclic) bond motifs is 7. The van der Waals surface area contributed by atoms with Gasteiger partial charge in [0.05, 0.1) is 51.5 Å². The van der Waals surface area contributed by atoms with Crippen molar-refractivity contribution >= 4 is 67.6 Å². The average Bonchev–Trinajstić information content (AvgIpc) is 1.62. The highest BCUT2D eigenvalue weighted by Gasteiger charge is 2.44. The molecule has 7 aromatic carbocycles. The van der Waals surface area contributed by atoms with E-state index in [1.807, 2.05) is 91.0 Å². The number of methoxy groups -OCH3 is 1. The molecule has 0 unspecified atom stereocenters. The molecule has 0 saturated carbocycles. The fourth-order valence-corrected chi connectivity index (χ4v) is 23.0. The van der Waals surface area contributed by atoms with Crippen molar-refractivity contribution in [2.75, 3.05) is 73.2 Å². The molecule has 18 rings (SSSR count). The first-order valence-electron chi connectivity index (χ1n) is 47.2. The van der Waals surface area contributed by atoms with Gasteiger partial charge < -0.3 is 61.7 Å². The lowest BCUT2D eigenvalue weighted by Gasteiger charge is -2.38. The van der Waals surface area contributed by atoms with Crippen molar-refractivity contribution in [3.8, 4) is 23.0 Å². The highest BCUT2D eigenvalue weighted by molar-refractivity contribution is 9.10. The highest BCUT2D eigenvalue weighted by Crippen LogP contribution is 2.50. The zero-order valence-electron chi connectivity index (χ0n) is 77.2. The van der Waals surface area contributed by atoms with Gasteiger partial charge in [-0.3, -0.25) is 28.8 Å². The Labute approximate surface area is 768 Å². The van der Waals surface area contributed by atoms with Crippen LogP contribution in [0, 0.1) is 23.7 Å². The molecular weight excluding hydrogens is 1710 g/mol. The lowest BCUT2D eigenvalue weighted by atomic mass is 9.89. The van der Waals surface area contributed by atoms with Crippen molar-refractivity contribution < 1.29 is 90.5 Å². The summed E-state index contributed by atoms with van der Waals surface area (Å²) < 4.78 is 65.1. The van der Waals surface area contributed by atoms with Crippen molar-refractivity contribution in [3.05, 3.63) is 221 Å². The third kappa shape index (κ3) is 23.7. The molecule has 11 aliphatic rings. The number of aliphatic hydroxyl groups excluding tert-OH is 1. The number of carboxylic acids is 1. The Balaban J connectivity index is 0.000000132. The van der Waals surface area contributed by atoms with Gasteiger partial charge in [-0.15, -0.1) is 0 Å². The van der Waals surface area contributed by atoms with Crippen LogP contribution >= 0.6 is 15.9 Å². The molecule has 0 bridgehead atoms. The Morgan fingerprint density at radius 1 is 0.383 bits per heavy atom. The van der Waals surface area contributed by atoms with Crippen LogP contribution in [0.25, 0.3) is 0 Å². The number of carbonyl (C=O) groups is 6. The predicted molar refractivity (Wildman–Crippen MR) is 503 cm³/mol. The molecule has 0 radical (unpaired) electrons. The second-order valence-corrected chi connectivity index (χ2v) is 50.3. The first kappa shape index (κ1) is 96.1. The van der Waals surface area contributed by atoms with Gasteiger partial charge in [-0.2, -0.15) is 0 Å². The monoisotopic (exact) mass is 1850 g/mol. The third-order valence-corrected chi connectivity index (χ3v) is 39.1. The van der Waals surface area contributed by atoms with Gasteiger partial charge in [0.1, 0.15) is 35.2 Å². The molecule has 4 saturated heterocycles. The summed E-state index contributed by atoms with van der Waals surface area (Å²) in [5, 5.41) is 19.4. The number of rotatable bonds is 24. The molecule has 128 heavy (non-hydrogen) atoms. The summed E-state index contributed by atoms with van der Waals surface area (Å²) in [6.45, 7) is 30.1. The Hall–Kier alpha value is -8.01. The highest BCUT2D eigenvalue weighted by atomic mass is 79.9. The van der Waals surface area contributed by atoms with Gasteiger partial charge in [0.15, 0.2) is 39.8 Å². The zero-order chi connectivity index (χ0) is 90.6. The Morgan fingerprint density at radius 2 is 0.695 bits per heavy atom. The van der Waals surface area contributed by atoms with E-state index in [1.54, 1.807) is 0 Å². The normalized spacial score (nSPS) is 21.8. The number of hydrogen-bond acceptors (Lipinski definition) is 18. The summed E-state index contributed by atoms with van der Waals surface area (Å²) in [7, 11) is -2.09. The number of halogens is 1. The average molecular weight is 1850 g/mol. The van der Waals surface area contributed by atoms with Crippen molar-refractivity contribution in [2.24, 2.45) is 23.7 Å². The van der Waals surface area contributed by atoms with Crippen molar-refractivity contribution in [1.82, 2.24) is 0 Å². The number of aliphatic carboxylic acids is 1.